The normalized spacial score (nSPS) is 14.9. The fourth-order valence-corrected chi connectivity index (χ4v) is 5.14. The van der Waals surface area contributed by atoms with Crippen LogP contribution in [0.25, 0.3) is 0 Å². The Labute approximate surface area is 330 Å². The number of hydrogen-bond donors (Lipinski definition) is 3. The van der Waals surface area contributed by atoms with Gasteiger partial charge in [-0.05, 0) is 136 Å². The van der Waals surface area contributed by atoms with Crippen LogP contribution in [0.3, 0.4) is 0 Å². The Morgan fingerprint density at radius 1 is 0.692 bits per heavy atom. The van der Waals surface area contributed by atoms with Crippen molar-refractivity contribution < 1.29 is 83.3 Å². The number of carbonyl (C=O) groups excluding carboxylic acids is 4. The molecule has 2 aromatic rings. The van der Waals surface area contributed by atoms with Crippen LogP contribution in [0, 0.1) is 0 Å². The first-order valence-corrected chi connectivity index (χ1v) is 17.1. The van der Waals surface area contributed by atoms with Crippen LogP contribution in [0.2, 0.25) is 0 Å². The number of phenolic OH excluding ortho intramolecular Hbond substituents is 2. The number of piperidine rings is 2. The molecule has 0 atom stereocenters. The van der Waals surface area contributed by atoms with Crippen LogP contribution in [0.1, 0.15) is 111 Å². The molecule has 286 valence electrons. The fraction of sp³-hybridized carbons (Fsp3) is 0.579. The van der Waals surface area contributed by atoms with Crippen LogP contribution < -0.4 is 40.1 Å². The van der Waals surface area contributed by atoms with Crippen molar-refractivity contribution in [3.63, 3.8) is 0 Å². The Morgan fingerprint density at radius 2 is 1.04 bits per heavy atom. The molecule has 0 saturated carbocycles. The Hall–Kier alpha value is -3.36. The number of nitrogens with zero attached hydrogens (tertiary/aromatic N) is 1. The summed E-state index contributed by atoms with van der Waals surface area (Å²) in [5, 5.41) is 31.3. The summed E-state index contributed by atoms with van der Waals surface area (Å²) in [4.78, 5) is 47.3. The number of para-hydroxylation sites is 2. The van der Waals surface area contributed by atoms with Crippen LogP contribution in [0.15, 0.2) is 48.5 Å². The SMILES string of the molecule is CC(C)(C)OC(=O)C(=O)OC(C)(C)C.CC(C)(C)OC(=O)N1CCC(c2ccccc2O)CC1.O=CO[O-].Oc1ccccc1C1CCNCC1.[Na+]. The minimum atomic E-state index is -0.951. The summed E-state index contributed by atoms with van der Waals surface area (Å²) in [5.41, 5.74) is 0.300. The number of nitrogens with one attached hydrogen (secondary N) is 1. The van der Waals surface area contributed by atoms with E-state index in [1.165, 1.54) is 0 Å². The molecule has 2 saturated heterocycles. The van der Waals surface area contributed by atoms with E-state index >= 15 is 0 Å². The standard InChI is InChI=1S/C16H23NO3.C11H15NO.C10H18O4.CH2O3.Na/c1-16(2,3)20-15(19)17-10-8-12(9-11-17)13-6-4-5-7-14(13)18;13-11-4-2-1-3-10(11)9-5-7-12-8-6-9;1-9(2,3)13-7(11)8(12)14-10(4,5)6;2-1-4-3;/h4-7,12,18H,8-11H2,1-3H3;1-4,9,12-13H,5-8H2;1-6H3;1,3H;/q;;;;+1/p-1. The second kappa shape index (κ2) is 23.3. The predicted molar refractivity (Wildman–Crippen MR) is 190 cm³/mol. The van der Waals surface area contributed by atoms with E-state index in [0.29, 0.717) is 36.4 Å². The molecule has 2 aromatic carbocycles. The quantitative estimate of drug-likeness (QED) is 0.0796. The molecule has 52 heavy (non-hydrogen) atoms. The molecule has 0 bridgehead atoms. The van der Waals surface area contributed by atoms with Crippen LogP contribution >= 0.6 is 0 Å². The van der Waals surface area contributed by atoms with E-state index in [0.717, 1.165) is 49.9 Å². The Kier molecular flexibility index (Phi) is 21.8. The molecule has 2 aliphatic heterocycles. The van der Waals surface area contributed by atoms with Gasteiger partial charge in [-0.3, -0.25) is 4.79 Å². The third kappa shape index (κ3) is 20.6. The van der Waals surface area contributed by atoms with Gasteiger partial charge in [0.05, 0.1) is 0 Å². The first-order chi connectivity index (χ1) is 23.7. The third-order valence-corrected chi connectivity index (χ3v) is 7.24. The van der Waals surface area contributed by atoms with Crippen molar-refractivity contribution in [2.24, 2.45) is 0 Å². The zero-order valence-electron chi connectivity index (χ0n) is 32.5. The van der Waals surface area contributed by atoms with Gasteiger partial charge in [0.15, 0.2) is 0 Å². The molecule has 0 spiro atoms. The van der Waals surface area contributed by atoms with Gasteiger partial charge in [-0.1, -0.05) is 36.4 Å². The summed E-state index contributed by atoms with van der Waals surface area (Å²) >= 11 is 0. The minimum absolute atomic E-state index is 0. The molecule has 0 aromatic heterocycles. The van der Waals surface area contributed by atoms with Gasteiger partial charge in [-0.25, -0.2) is 14.4 Å². The van der Waals surface area contributed by atoms with Crippen molar-refractivity contribution in [2.75, 3.05) is 26.2 Å². The van der Waals surface area contributed by atoms with Crippen molar-refractivity contribution in [3.8, 4) is 11.5 Å². The van der Waals surface area contributed by atoms with E-state index in [4.69, 9.17) is 24.3 Å². The van der Waals surface area contributed by atoms with Crippen molar-refractivity contribution in [1.82, 2.24) is 10.2 Å². The fourth-order valence-electron chi connectivity index (χ4n) is 5.14. The number of hydrogen-bond acceptors (Lipinski definition) is 12. The second-order valence-corrected chi connectivity index (χ2v) is 15.1. The Balaban J connectivity index is 0.000000724. The van der Waals surface area contributed by atoms with Crippen LogP contribution in [0.4, 0.5) is 4.79 Å². The van der Waals surface area contributed by atoms with Gasteiger partial charge in [-0.15, -0.1) is 0 Å². The number of ether oxygens (including phenoxy) is 3. The number of benzene rings is 2. The summed E-state index contributed by atoms with van der Waals surface area (Å²) in [5.74, 6) is -0.241. The number of carbonyl (C=O) groups is 4. The molecular weight excluding hydrogens is 683 g/mol. The molecule has 1 amide bonds. The molecule has 3 N–H and O–H groups in total. The van der Waals surface area contributed by atoms with Gasteiger partial charge < -0.3 is 44.8 Å². The molecule has 14 heteroatoms. The third-order valence-electron chi connectivity index (χ3n) is 7.24. The van der Waals surface area contributed by atoms with Gasteiger partial charge in [0.2, 0.25) is 0 Å². The summed E-state index contributed by atoms with van der Waals surface area (Å²) < 4.78 is 15.0. The Morgan fingerprint density at radius 3 is 1.37 bits per heavy atom. The van der Waals surface area contributed by atoms with Gasteiger partial charge in [-0.2, -0.15) is 0 Å². The average molecular weight is 741 g/mol. The van der Waals surface area contributed by atoms with E-state index in [9.17, 15) is 24.6 Å². The smallest absolute Gasteiger partial charge is 0.662 e. The van der Waals surface area contributed by atoms with Crippen molar-refractivity contribution in [1.29, 1.82) is 0 Å². The molecule has 2 heterocycles. The number of aromatic hydroxyl groups is 2. The second-order valence-electron chi connectivity index (χ2n) is 15.1. The molecule has 0 aliphatic carbocycles. The maximum Gasteiger partial charge on any atom is 1.00 e. The molecule has 0 radical (unpaired) electrons. The number of amides is 1. The topological polar surface area (TPSA) is 184 Å². The van der Waals surface area contributed by atoms with Crippen LogP contribution in [-0.4, -0.2) is 82.6 Å². The van der Waals surface area contributed by atoms with E-state index < -0.39 is 28.7 Å². The number of likely N-dealkylation sites (tertiary alicyclic amines) is 1. The largest absolute Gasteiger partial charge is 1.00 e. The van der Waals surface area contributed by atoms with Gasteiger partial charge in [0.1, 0.15) is 28.3 Å². The van der Waals surface area contributed by atoms with Gasteiger partial charge in [0, 0.05) is 13.1 Å². The van der Waals surface area contributed by atoms with Crippen molar-refractivity contribution in [3.05, 3.63) is 59.7 Å². The number of rotatable bonds is 3. The predicted octanol–water partition coefficient (Wildman–Crippen LogP) is 2.47. The molecule has 2 aliphatic rings. The minimum Gasteiger partial charge on any atom is -0.662 e. The molecule has 0 unspecified atom stereocenters. The van der Waals surface area contributed by atoms with Gasteiger partial charge in [0.25, 0.3) is 6.47 Å². The maximum atomic E-state index is 12.0. The zero-order valence-corrected chi connectivity index (χ0v) is 34.5. The number of esters is 2. The first kappa shape index (κ1) is 48.6. The van der Waals surface area contributed by atoms with Gasteiger partial charge >= 0.3 is 47.6 Å². The van der Waals surface area contributed by atoms with E-state index in [-0.39, 0.29) is 42.1 Å². The Bertz CT molecular complexity index is 1340. The van der Waals surface area contributed by atoms with E-state index in [1.807, 2.05) is 57.2 Å². The average Bonchev–Trinajstić information content (AvgIpc) is 3.04. The first-order valence-electron chi connectivity index (χ1n) is 17.1. The summed E-state index contributed by atoms with van der Waals surface area (Å²) in [6, 6.07) is 15.1. The monoisotopic (exact) mass is 740 g/mol. The van der Waals surface area contributed by atoms with Crippen molar-refractivity contribution >= 4 is 24.5 Å². The van der Waals surface area contributed by atoms with Crippen LogP contribution in [-0.2, 0) is 33.5 Å². The summed E-state index contributed by atoms with van der Waals surface area (Å²) in [6.45, 7) is 19.1. The zero-order chi connectivity index (χ0) is 38.8. The maximum absolute atomic E-state index is 12.0. The van der Waals surface area contributed by atoms with E-state index in [2.05, 4.69) is 10.2 Å². The summed E-state index contributed by atoms with van der Waals surface area (Å²) in [6.07, 6.45) is 3.75. The number of phenols is 2. The molecule has 2 fully saturated rings. The molecular formula is C38H57N2NaO11. The van der Waals surface area contributed by atoms with E-state index in [1.54, 1.807) is 58.6 Å². The van der Waals surface area contributed by atoms with Crippen molar-refractivity contribution in [2.45, 2.75) is 117 Å². The molecule has 4 rings (SSSR count). The van der Waals surface area contributed by atoms with Crippen LogP contribution in [0.5, 0.6) is 11.5 Å². The molecule has 13 nitrogen and oxygen atoms in total. The summed E-state index contributed by atoms with van der Waals surface area (Å²) in [7, 11) is 0.